The van der Waals surface area contributed by atoms with Gasteiger partial charge in [0.2, 0.25) is 0 Å². The lowest BCUT2D eigenvalue weighted by Gasteiger charge is -2.11. The van der Waals surface area contributed by atoms with E-state index >= 15 is 0 Å². The van der Waals surface area contributed by atoms with E-state index in [9.17, 15) is 0 Å². The van der Waals surface area contributed by atoms with Crippen LogP contribution in [-0.4, -0.2) is 19.5 Å². The van der Waals surface area contributed by atoms with Gasteiger partial charge in [-0.25, -0.2) is 15.0 Å². The zero-order valence-corrected chi connectivity index (χ0v) is 38.9. The van der Waals surface area contributed by atoms with E-state index in [0.717, 1.165) is 66.3 Å². The van der Waals surface area contributed by atoms with E-state index in [1.54, 1.807) is 0 Å². The molecular formula is C63H36N4OS2. The van der Waals surface area contributed by atoms with Gasteiger partial charge < -0.3 is 8.98 Å². The number of benzene rings is 10. The Morgan fingerprint density at radius 3 is 1.81 bits per heavy atom. The second-order valence-corrected chi connectivity index (χ2v) is 20.0. The molecule has 15 rings (SSSR count). The number of fused-ring (bicyclic) bond motifs is 12. The number of hydrogen-bond acceptors (Lipinski definition) is 6. The van der Waals surface area contributed by atoms with Crippen molar-refractivity contribution in [1.82, 2.24) is 19.5 Å². The van der Waals surface area contributed by atoms with Gasteiger partial charge in [-0.15, -0.1) is 22.7 Å². The first-order valence-corrected chi connectivity index (χ1v) is 25.0. The Hall–Kier alpha value is -8.75. The molecule has 0 spiro atoms. The minimum atomic E-state index is 0.584. The van der Waals surface area contributed by atoms with Gasteiger partial charge in [-0.1, -0.05) is 146 Å². The first-order valence-electron chi connectivity index (χ1n) is 23.4. The Morgan fingerprint density at radius 1 is 0.329 bits per heavy atom. The number of para-hydroxylation sites is 2. The number of nitrogens with zero attached hydrogens (tertiary/aromatic N) is 4. The van der Waals surface area contributed by atoms with Gasteiger partial charge in [0.25, 0.3) is 0 Å². The van der Waals surface area contributed by atoms with E-state index in [2.05, 4.69) is 193 Å². The number of rotatable bonds is 6. The van der Waals surface area contributed by atoms with E-state index in [-0.39, 0.29) is 0 Å². The van der Waals surface area contributed by atoms with Gasteiger partial charge in [-0.05, 0) is 95.1 Å². The van der Waals surface area contributed by atoms with Crippen molar-refractivity contribution >= 4 is 107 Å². The molecule has 0 aliphatic heterocycles. The molecule has 70 heavy (non-hydrogen) atoms. The van der Waals surface area contributed by atoms with Crippen LogP contribution in [0.4, 0.5) is 0 Å². The minimum Gasteiger partial charge on any atom is -0.456 e. The smallest absolute Gasteiger partial charge is 0.164 e. The van der Waals surface area contributed by atoms with Crippen LogP contribution in [0.5, 0.6) is 0 Å². The first kappa shape index (κ1) is 39.3. The summed E-state index contributed by atoms with van der Waals surface area (Å²) in [6, 6.07) is 77.8. The molecule has 0 unspecified atom stereocenters. The number of furan rings is 1. The summed E-state index contributed by atoms with van der Waals surface area (Å²) in [6.45, 7) is 0. The summed E-state index contributed by atoms with van der Waals surface area (Å²) in [5.41, 5.74) is 12.5. The molecule has 0 fully saturated rings. The van der Waals surface area contributed by atoms with Crippen LogP contribution in [0.25, 0.3) is 146 Å². The molecule has 0 aliphatic carbocycles. The van der Waals surface area contributed by atoms with E-state index in [0.29, 0.717) is 17.5 Å². The van der Waals surface area contributed by atoms with Crippen LogP contribution in [0.1, 0.15) is 0 Å². The lowest BCUT2D eigenvalue weighted by molar-refractivity contribution is 0.669. The summed E-state index contributed by atoms with van der Waals surface area (Å²) in [5.74, 6) is 1.79. The topological polar surface area (TPSA) is 56.7 Å². The highest BCUT2D eigenvalue weighted by Gasteiger charge is 2.22. The van der Waals surface area contributed by atoms with Crippen molar-refractivity contribution in [3.05, 3.63) is 218 Å². The maximum atomic E-state index is 6.67. The van der Waals surface area contributed by atoms with E-state index < -0.39 is 0 Å². The molecule has 5 nitrogen and oxygen atoms in total. The SMILES string of the molecule is c1ccc(-c2nc(-c3ccc4c(c3)c3ccccc3n4-c3ccccc3)nc(-c3cccc4oc5ccc(-c6ccc(-c7ccc8c(c7)sc7ccccc78)c7sc8ccccc8c67)cc5c34)n2)cc1. The van der Waals surface area contributed by atoms with Crippen LogP contribution in [0, 0.1) is 0 Å². The molecule has 0 atom stereocenters. The lowest BCUT2D eigenvalue weighted by atomic mass is 9.93. The van der Waals surface area contributed by atoms with Crippen molar-refractivity contribution in [2.75, 3.05) is 0 Å². The van der Waals surface area contributed by atoms with Crippen molar-refractivity contribution in [2.24, 2.45) is 0 Å². The third-order valence-corrected chi connectivity index (χ3v) is 16.2. The van der Waals surface area contributed by atoms with Crippen molar-refractivity contribution < 1.29 is 4.42 Å². The van der Waals surface area contributed by atoms with Crippen molar-refractivity contribution in [3.63, 3.8) is 0 Å². The average molecular weight is 929 g/mol. The molecule has 15 aromatic rings. The maximum Gasteiger partial charge on any atom is 0.164 e. The van der Waals surface area contributed by atoms with Gasteiger partial charge >= 0.3 is 0 Å². The first-order chi connectivity index (χ1) is 34.7. The molecule has 5 heterocycles. The second kappa shape index (κ2) is 15.4. The predicted molar refractivity (Wildman–Crippen MR) is 294 cm³/mol. The molecule has 5 aromatic heterocycles. The fourth-order valence-electron chi connectivity index (χ4n) is 10.7. The summed E-state index contributed by atoms with van der Waals surface area (Å²) in [4.78, 5) is 15.8. The fraction of sp³-hybridized carbons (Fsp3) is 0. The minimum absolute atomic E-state index is 0.584. The normalized spacial score (nSPS) is 12.0. The Morgan fingerprint density at radius 2 is 0.957 bits per heavy atom. The molecule has 326 valence electrons. The molecule has 0 saturated heterocycles. The largest absolute Gasteiger partial charge is 0.456 e. The third-order valence-electron chi connectivity index (χ3n) is 13.9. The van der Waals surface area contributed by atoms with Crippen molar-refractivity contribution in [2.45, 2.75) is 0 Å². The van der Waals surface area contributed by atoms with Crippen LogP contribution in [0.15, 0.2) is 223 Å². The zero-order valence-electron chi connectivity index (χ0n) is 37.3. The molecule has 10 aromatic carbocycles. The summed E-state index contributed by atoms with van der Waals surface area (Å²) in [5, 5.41) is 9.43. The van der Waals surface area contributed by atoms with Crippen LogP contribution < -0.4 is 0 Å². The molecular weight excluding hydrogens is 893 g/mol. The van der Waals surface area contributed by atoms with Gasteiger partial charge in [-0.3, -0.25) is 0 Å². The van der Waals surface area contributed by atoms with E-state index in [1.807, 2.05) is 53.0 Å². The number of hydrogen-bond donors (Lipinski definition) is 0. The van der Waals surface area contributed by atoms with Crippen LogP contribution in [0.3, 0.4) is 0 Å². The standard InChI is InChI=1S/C63H36N4OS2/c1-3-14-37(15-4-1)61-64-62(40-27-32-52-49(35-40)44-18-7-10-22-51(44)67(52)41-16-5-2-6-17-41)66-63(65-61)48-21-13-23-54-58(48)50-34-38(28-33-53(50)68-54)42-30-31-43(60-59(42)47-20-9-12-25-56(47)70-60)39-26-29-46-45-19-8-11-24-55(45)69-57(46)36-39/h1-36H. The molecule has 0 bridgehead atoms. The monoisotopic (exact) mass is 928 g/mol. The lowest BCUT2D eigenvalue weighted by Crippen LogP contribution is -2.00. The quantitative estimate of drug-likeness (QED) is 0.167. The number of aromatic nitrogens is 4. The Labute approximate surface area is 408 Å². The second-order valence-electron chi connectivity index (χ2n) is 17.9. The summed E-state index contributed by atoms with van der Waals surface area (Å²) in [6.07, 6.45) is 0. The van der Waals surface area contributed by atoms with Gasteiger partial charge in [-0.2, -0.15) is 0 Å². The predicted octanol–water partition coefficient (Wildman–Crippen LogP) is 17.9. The van der Waals surface area contributed by atoms with Crippen LogP contribution >= 0.6 is 22.7 Å². The summed E-state index contributed by atoms with van der Waals surface area (Å²) < 4.78 is 14.2. The van der Waals surface area contributed by atoms with Gasteiger partial charge in [0.05, 0.1) is 11.0 Å². The Bertz CT molecular complexity index is 4600. The van der Waals surface area contributed by atoms with Gasteiger partial charge in [0.15, 0.2) is 17.5 Å². The van der Waals surface area contributed by atoms with Crippen LogP contribution in [-0.2, 0) is 0 Å². The molecule has 0 saturated carbocycles. The van der Waals surface area contributed by atoms with E-state index in [4.69, 9.17) is 19.4 Å². The highest BCUT2D eigenvalue weighted by molar-refractivity contribution is 7.26. The highest BCUT2D eigenvalue weighted by atomic mass is 32.1. The van der Waals surface area contributed by atoms with Crippen molar-refractivity contribution in [1.29, 1.82) is 0 Å². The van der Waals surface area contributed by atoms with Crippen LogP contribution in [0.2, 0.25) is 0 Å². The van der Waals surface area contributed by atoms with E-state index in [1.165, 1.54) is 62.4 Å². The third kappa shape index (κ3) is 6.05. The molecule has 0 radical (unpaired) electrons. The molecule has 0 aliphatic rings. The Kier molecular flexibility index (Phi) is 8.63. The zero-order chi connectivity index (χ0) is 45.9. The molecule has 0 amide bonds. The fourth-order valence-corrected chi connectivity index (χ4v) is 13.1. The Balaban J connectivity index is 0.908. The van der Waals surface area contributed by atoms with Gasteiger partial charge in [0, 0.05) is 84.3 Å². The van der Waals surface area contributed by atoms with Crippen molar-refractivity contribution in [3.8, 4) is 62.1 Å². The summed E-state index contributed by atoms with van der Waals surface area (Å²) in [7, 11) is 0. The molecule has 0 N–H and O–H groups in total. The van der Waals surface area contributed by atoms with Gasteiger partial charge in [0.1, 0.15) is 11.2 Å². The average Bonchev–Trinajstić information content (AvgIpc) is 4.20. The summed E-state index contributed by atoms with van der Waals surface area (Å²) >= 11 is 3.74. The maximum absolute atomic E-state index is 6.67. The molecule has 7 heteroatoms. The number of thiophene rings is 2. The highest BCUT2D eigenvalue weighted by Crippen LogP contribution is 2.47.